The van der Waals surface area contributed by atoms with Gasteiger partial charge in [-0.1, -0.05) is 19.1 Å². The minimum absolute atomic E-state index is 0. The summed E-state index contributed by atoms with van der Waals surface area (Å²) in [4.78, 5) is 17.1. The van der Waals surface area contributed by atoms with Crippen molar-refractivity contribution in [3.05, 3.63) is 35.4 Å². The number of hydrogen-bond donors (Lipinski definition) is 1. The fourth-order valence-corrected chi connectivity index (χ4v) is 3.87. The monoisotopic (exact) mass is 405 g/mol. The molecule has 2 atom stereocenters. The summed E-state index contributed by atoms with van der Waals surface area (Å²) in [5, 5.41) is 3.34. The van der Waals surface area contributed by atoms with E-state index in [0.29, 0.717) is 12.5 Å². The first-order valence-corrected chi connectivity index (χ1v) is 9.24. The van der Waals surface area contributed by atoms with Crippen LogP contribution in [-0.4, -0.2) is 61.0 Å². The van der Waals surface area contributed by atoms with Crippen LogP contribution in [0.2, 0.25) is 0 Å². The van der Waals surface area contributed by atoms with E-state index in [2.05, 4.69) is 10.2 Å². The molecular formula is C19H27ClF3N3O. The number of alkyl halides is 3. The smallest absolute Gasteiger partial charge is 0.341 e. The molecule has 152 valence electrons. The minimum Gasteiger partial charge on any atom is -0.341 e. The average molecular weight is 406 g/mol. The Morgan fingerprint density at radius 2 is 1.81 bits per heavy atom. The molecule has 27 heavy (non-hydrogen) atoms. The summed E-state index contributed by atoms with van der Waals surface area (Å²) in [6, 6.07) is 5.55. The largest absolute Gasteiger partial charge is 0.416 e. The molecule has 0 bridgehead atoms. The summed E-state index contributed by atoms with van der Waals surface area (Å²) in [6.07, 6.45) is -2.86. The highest BCUT2D eigenvalue weighted by molar-refractivity contribution is 5.85. The van der Waals surface area contributed by atoms with Crippen molar-refractivity contribution in [3.8, 4) is 0 Å². The molecular weight excluding hydrogens is 379 g/mol. The zero-order valence-electron chi connectivity index (χ0n) is 15.5. The summed E-state index contributed by atoms with van der Waals surface area (Å²) in [5.41, 5.74) is 0.107. The average Bonchev–Trinajstić information content (AvgIpc) is 3.11. The Morgan fingerprint density at radius 1 is 1.19 bits per heavy atom. The molecule has 1 aromatic rings. The second-order valence-electron chi connectivity index (χ2n) is 7.31. The van der Waals surface area contributed by atoms with Crippen molar-refractivity contribution in [2.24, 2.45) is 5.92 Å². The summed E-state index contributed by atoms with van der Waals surface area (Å²) in [5.74, 6) is -0.129. The van der Waals surface area contributed by atoms with Crippen LogP contribution in [0.4, 0.5) is 13.2 Å². The predicted octanol–water partition coefficient (Wildman–Crippen LogP) is 2.81. The minimum atomic E-state index is -4.32. The molecule has 3 rings (SSSR count). The number of nitrogens with zero attached hydrogens (tertiary/aromatic N) is 2. The third-order valence-corrected chi connectivity index (χ3v) is 5.39. The summed E-state index contributed by atoms with van der Waals surface area (Å²) in [6.45, 7) is 7.42. The van der Waals surface area contributed by atoms with Gasteiger partial charge in [-0.25, -0.2) is 0 Å². The number of piperazine rings is 1. The van der Waals surface area contributed by atoms with Gasteiger partial charge in [0.15, 0.2) is 0 Å². The second kappa shape index (κ2) is 9.26. The Bertz CT molecular complexity index is 618. The van der Waals surface area contributed by atoms with E-state index in [1.165, 1.54) is 12.1 Å². The lowest BCUT2D eigenvalue weighted by Gasteiger charge is -2.32. The van der Waals surface area contributed by atoms with Crippen molar-refractivity contribution in [1.29, 1.82) is 0 Å². The van der Waals surface area contributed by atoms with Crippen LogP contribution in [-0.2, 0) is 17.4 Å². The van der Waals surface area contributed by atoms with Gasteiger partial charge in [0.05, 0.1) is 5.56 Å². The van der Waals surface area contributed by atoms with Gasteiger partial charge in [0, 0.05) is 51.2 Å². The number of carbonyl (C=O) groups is 1. The third kappa shape index (κ3) is 5.59. The Balaban J connectivity index is 0.00000261. The number of likely N-dealkylation sites (tertiary alicyclic amines) is 1. The highest BCUT2D eigenvalue weighted by Crippen LogP contribution is 2.29. The summed E-state index contributed by atoms with van der Waals surface area (Å²) in [7, 11) is 0. The molecule has 2 heterocycles. The molecule has 2 aliphatic heterocycles. The first-order chi connectivity index (χ1) is 12.3. The van der Waals surface area contributed by atoms with Crippen molar-refractivity contribution < 1.29 is 18.0 Å². The SMILES string of the molecule is CC(Cc1ccc(C(F)(F)F)cc1)C(=O)N1CCC(N2CCNCC2)C1.Cl. The quantitative estimate of drug-likeness (QED) is 0.836. The van der Waals surface area contributed by atoms with Gasteiger partial charge in [0.25, 0.3) is 0 Å². The fraction of sp³-hybridized carbons (Fsp3) is 0.632. The first-order valence-electron chi connectivity index (χ1n) is 9.24. The second-order valence-corrected chi connectivity index (χ2v) is 7.31. The van der Waals surface area contributed by atoms with Crippen molar-refractivity contribution in [2.45, 2.75) is 32.0 Å². The molecule has 4 nitrogen and oxygen atoms in total. The van der Waals surface area contributed by atoms with Crippen molar-refractivity contribution in [2.75, 3.05) is 39.3 Å². The Kier molecular flexibility index (Phi) is 7.54. The molecule has 1 amide bonds. The number of carbonyl (C=O) groups excluding carboxylic acids is 1. The van der Waals surface area contributed by atoms with Crippen molar-refractivity contribution in [3.63, 3.8) is 0 Å². The topological polar surface area (TPSA) is 35.6 Å². The maximum absolute atomic E-state index is 12.7. The van der Waals surface area contributed by atoms with E-state index in [1.807, 2.05) is 11.8 Å². The van der Waals surface area contributed by atoms with Gasteiger partial charge in [-0.3, -0.25) is 9.69 Å². The zero-order chi connectivity index (χ0) is 18.7. The van der Waals surface area contributed by atoms with Crippen LogP contribution in [0.25, 0.3) is 0 Å². The molecule has 1 aromatic carbocycles. The number of rotatable bonds is 4. The maximum Gasteiger partial charge on any atom is 0.416 e. The maximum atomic E-state index is 12.7. The van der Waals surface area contributed by atoms with Gasteiger partial charge in [-0.15, -0.1) is 12.4 Å². The molecule has 1 N–H and O–H groups in total. The first kappa shape index (κ1) is 22.0. The van der Waals surface area contributed by atoms with Gasteiger partial charge >= 0.3 is 6.18 Å². The van der Waals surface area contributed by atoms with Crippen LogP contribution in [0.5, 0.6) is 0 Å². The van der Waals surface area contributed by atoms with Gasteiger partial charge in [-0.05, 0) is 30.5 Å². The van der Waals surface area contributed by atoms with E-state index in [1.54, 1.807) is 0 Å². The lowest BCUT2D eigenvalue weighted by atomic mass is 9.99. The van der Waals surface area contributed by atoms with E-state index < -0.39 is 11.7 Å². The number of halogens is 4. The number of nitrogens with one attached hydrogen (secondary N) is 1. The van der Waals surface area contributed by atoms with Gasteiger partial charge in [0.1, 0.15) is 0 Å². The number of amides is 1. The lowest BCUT2D eigenvalue weighted by molar-refractivity contribution is -0.137. The standard InChI is InChI=1S/C19H26F3N3O.ClH/c1-14(12-15-2-4-16(5-3-15)19(20,21)22)18(26)25-9-6-17(13-25)24-10-7-23-8-11-24;/h2-5,14,17,23H,6-13H2,1H3;1H. The molecule has 2 saturated heterocycles. The van der Waals surface area contributed by atoms with Gasteiger partial charge in [0.2, 0.25) is 5.91 Å². The number of benzene rings is 1. The molecule has 8 heteroatoms. The predicted molar refractivity (Wildman–Crippen MR) is 101 cm³/mol. The highest BCUT2D eigenvalue weighted by Gasteiger charge is 2.33. The molecule has 0 aliphatic carbocycles. The number of hydrogen-bond acceptors (Lipinski definition) is 3. The zero-order valence-corrected chi connectivity index (χ0v) is 16.3. The molecule has 0 aromatic heterocycles. The van der Waals surface area contributed by atoms with E-state index in [0.717, 1.165) is 63.4 Å². The summed E-state index contributed by atoms with van der Waals surface area (Å²) >= 11 is 0. The van der Waals surface area contributed by atoms with Crippen LogP contribution in [0, 0.1) is 5.92 Å². The molecule has 0 spiro atoms. The third-order valence-electron chi connectivity index (χ3n) is 5.39. The van der Waals surface area contributed by atoms with E-state index in [-0.39, 0.29) is 24.2 Å². The molecule has 0 saturated carbocycles. The van der Waals surface area contributed by atoms with Gasteiger partial charge < -0.3 is 10.2 Å². The van der Waals surface area contributed by atoms with Crippen LogP contribution < -0.4 is 5.32 Å². The van der Waals surface area contributed by atoms with E-state index >= 15 is 0 Å². The molecule has 0 radical (unpaired) electrons. The Morgan fingerprint density at radius 3 is 2.41 bits per heavy atom. The lowest BCUT2D eigenvalue weighted by Crippen LogP contribution is -2.49. The Labute approximate surface area is 164 Å². The fourth-order valence-electron chi connectivity index (χ4n) is 3.87. The van der Waals surface area contributed by atoms with Crippen molar-refractivity contribution >= 4 is 18.3 Å². The molecule has 2 aliphatic rings. The Hall–Kier alpha value is -1.31. The van der Waals surface area contributed by atoms with Crippen LogP contribution in [0.1, 0.15) is 24.5 Å². The van der Waals surface area contributed by atoms with Crippen molar-refractivity contribution in [1.82, 2.24) is 15.1 Å². The van der Waals surface area contributed by atoms with Gasteiger partial charge in [-0.2, -0.15) is 13.2 Å². The van der Waals surface area contributed by atoms with Crippen LogP contribution in [0.3, 0.4) is 0 Å². The normalized spacial score (nSPS) is 22.4. The van der Waals surface area contributed by atoms with Crippen LogP contribution >= 0.6 is 12.4 Å². The van der Waals surface area contributed by atoms with E-state index in [4.69, 9.17) is 0 Å². The highest BCUT2D eigenvalue weighted by atomic mass is 35.5. The molecule has 2 unspecified atom stereocenters. The van der Waals surface area contributed by atoms with E-state index in [9.17, 15) is 18.0 Å². The van der Waals surface area contributed by atoms with Crippen LogP contribution in [0.15, 0.2) is 24.3 Å². The molecule has 2 fully saturated rings. The summed E-state index contributed by atoms with van der Waals surface area (Å²) < 4.78 is 37.9.